The second-order valence-electron chi connectivity index (χ2n) is 5.69. The molecule has 2 N–H and O–H groups in total. The highest BCUT2D eigenvalue weighted by Gasteiger charge is 2.18. The maximum atomic E-state index is 12.2. The number of anilines is 1. The van der Waals surface area contributed by atoms with E-state index in [1.807, 2.05) is 24.3 Å². The summed E-state index contributed by atoms with van der Waals surface area (Å²) in [7, 11) is 0. The Bertz CT molecular complexity index is 686. The van der Waals surface area contributed by atoms with E-state index in [4.69, 9.17) is 11.6 Å². The van der Waals surface area contributed by atoms with Gasteiger partial charge in [-0.1, -0.05) is 42.6 Å². The Morgan fingerprint density at radius 2 is 2.00 bits per heavy atom. The fourth-order valence-electron chi connectivity index (χ4n) is 2.74. The Morgan fingerprint density at radius 3 is 2.78 bits per heavy atom. The first kappa shape index (κ1) is 15.7. The van der Waals surface area contributed by atoms with E-state index in [1.165, 1.54) is 19.2 Å². The highest BCUT2D eigenvalue weighted by atomic mass is 35.5. The first-order chi connectivity index (χ1) is 11.2. The van der Waals surface area contributed by atoms with Crippen molar-refractivity contribution < 1.29 is 4.79 Å². The zero-order valence-corrected chi connectivity index (χ0v) is 13.5. The van der Waals surface area contributed by atoms with Crippen molar-refractivity contribution in [2.75, 3.05) is 5.32 Å². The Morgan fingerprint density at radius 1 is 1.22 bits per heavy atom. The minimum absolute atomic E-state index is 0.139. The lowest BCUT2D eigenvalue weighted by Crippen LogP contribution is -2.33. The van der Waals surface area contributed by atoms with E-state index in [9.17, 15) is 4.79 Å². The third kappa shape index (κ3) is 4.20. The molecule has 6 heteroatoms. The van der Waals surface area contributed by atoms with E-state index in [0.717, 1.165) is 18.4 Å². The van der Waals surface area contributed by atoms with Gasteiger partial charge in [0, 0.05) is 23.7 Å². The predicted molar refractivity (Wildman–Crippen MR) is 90.5 cm³/mol. The van der Waals surface area contributed by atoms with Crippen LogP contribution in [0.25, 0.3) is 0 Å². The molecule has 0 aliphatic heterocycles. The van der Waals surface area contributed by atoms with Crippen LogP contribution in [0, 0.1) is 0 Å². The molecule has 0 atom stereocenters. The average molecular weight is 331 g/mol. The van der Waals surface area contributed by atoms with Crippen LogP contribution < -0.4 is 10.6 Å². The van der Waals surface area contributed by atoms with Crippen LogP contribution in [0.15, 0.2) is 36.7 Å². The van der Waals surface area contributed by atoms with Gasteiger partial charge in [-0.3, -0.25) is 4.79 Å². The summed E-state index contributed by atoms with van der Waals surface area (Å²) in [5.41, 5.74) is 1.36. The standard InChI is InChI=1S/C17H19ClN4O/c18-14-8-4-1-5-12(14)10-19-16-9-15(20-11-21-16)17(23)22-13-6-2-3-7-13/h1,4-5,8-9,11,13H,2-3,6-7,10H2,(H,22,23)(H,19,20,21). The summed E-state index contributed by atoms with van der Waals surface area (Å²) in [6.07, 6.45) is 5.86. The van der Waals surface area contributed by atoms with Crippen LogP contribution in [0.4, 0.5) is 5.82 Å². The van der Waals surface area contributed by atoms with Gasteiger partial charge in [0.05, 0.1) is 0 Å². The van der Waals surface area contributed by atoms with E-state index < -0.39 is 0 Å². The zero-order chi connectivity index (χ0) is 16.1. The zero-order valence-electron chi connectivity index (χ0n) is 12.8. The van der Waals surface area contributed by atoms with Gasteiger partial charge >= 0.3 is 0 Å². The molecule has 1 heterocycles. The second-order valence-corrected chi connectivity index (χ2v) is 6.10. The van der Waals surface area contributed by atoms with Gasteiger partial charge in [-0.05, 0) is 24.5 Å². The molecule has 120 valence electrons. The van der Waals surface area contributed by atoms with Gasteiger partial charge in [-0.25, -0.2) is 9.97 Å². The van der Waals surface area contributed by atoms with E-state index >= 15 is 0 Å². The molecular formula is C17H19ClN4O. The van der Waals surface area contributed by atoms with Crippen molar-refractivity contribution in [2.24, 2.45) is 0 Å². The van der Waals surface area contributed by atoms with Gasteiger partial charge in [-0.2, -0.15) is 0 Å². The van der Waals surface area contributed by atoms with Crippen LogP contribution in [-0.2, 0) is 6.54 Å². The molecule has 0 spiro atoms. The minimum atomic E-state index is -0.139. The molecule has 23 heavy (non-hydrogen) atoms. The van der Waals surface area contributed by atoms with Crippen LogP contribution in [0.1, 0.15) is 41.7 Å². The molecule has 0 unspecified atom stereocenters. The quantitative estimate of drug-likeness (QED) is 0.881. The number of halogens is 1. The number of aromatic nitrogens is 2. The molecule has 0 saturated heterocycles. The van der Waals surface area contributed by atoms with Gasteiger partial charge in [0.25, 0.3) is 5.91 Å². The second kappa shape index (κ2) is 7.42. The minimum Gasteiger partial charge on any atom is -0.366 e. The molecule has 0 bridgehead atoms. The molecule has 1 saturated carbocycles. The van der Waals surface area contributed by atoms with Crippen molar-refractivity contribution in [2.45, 2.75) is 38.3 Å². The number of hydrogen-bond donors (Lipinski definition) is 2. The number of benzene rings is 1. The first-order valence-electron chi connectivity index (χ1n) is 7.82. The van der Waals surface area contributed by atoms with Crippen LogP contribution in [-0.4, -0.2) is 21.9 Å². The van der Waals surface area contributed by atoms with Crippen molar-refractivity contribution >= 4 is 23.3 Å². The Kier molecular flexibility index (Phi) is 5.08. The number of rotatable bonds is 5. The summed E-state index contributed by atoms with van der Waals surface area (Å²) in [6.45, 7) is 0.542. The topological polar surface area (TPSA) is 66.9 Å². The van der Waals surface area contributed by atoms with Crippen molar-refractivity contribution in [3.05, 3.63) is 52.9 Å². The van der Waals surface area contributed by atoms with Crippen molar-refractivity contribution in [1.82, 2.24) is 15.3 Å². The maximum Gasteiger partial charge on any atom is 0.270 e. The number of hydrogen-bond acceptors (Lipinski definition) is 4. The van der Waals surface area contributed by atoms with Crippen molar-refractivity contribution in [3.8, 4) is 0 Å². The average Bonchev–Trinajstić information content (AvgIpc) is 3.07. The first-order valence-corrected chi connectivity index (χ1v) is 8.20. The fraction of sp³-hybridized carbons (Fsp3) is 0.353. The highest BCUT2D eigenvalue weighted by molar-refractivity contribution is 6.31. The Labute approximate surface area is 140 Å². The molecule has 1 amide bonds. The number of amides is 1. The molecule has 1 aliphatic rings. The highest BCUT2D eigenvalue weighted by Crippen LogP contribution is 2.19. The predicted octanol–water partition coefficient (Wildman–Crippen LogP) is 3.41. The molecule has 1 aliphatic carbocycles. The molecule has 0 radical (unpaired) electrons. The number of nitrogens with one attached hydrogen (secondary N) is 2. The van der Waals surface area contributed by atoms with E-state index in [-0.39, 0.29) is 11.9 Å². The summed E-state index contributed by atoms with van der Waals surface area (Å²) in [5, 5.41) is 6.90. The molecular weight excluding hydrogens is 312 g/mol. The summed E-state index contributed by atoms with van der Waals surface area (Å²) < 4.78 is 0. The summed E-state index contributed by atoms with van der Waals surface area (Å²) >= 11 is 6.13. The molecule has 1 aromatic heterocycles. The van der Waals surface area contributed by atoms with Crippen LogP contribution in [0.3, 0.4) is 0 Å². The van der Waals surface area contributed by atoms with Crippen LogP contribution in [0.5, 0.6) is 0 Å². The number of carbonyl (C=O) groups excluding carboxylic acids is 1. The van der Waals surface area contributed by atoms with Gasteiger partial charge in [-0.15, -0.1) is 0 Å². The normalized spacial score (nSPS) is 14.7. The lowest BCUT2D eigenvalue weighted by Gasteiger charge is -2.12. The SMILES string of the molecule is O=C(NC1CCCC1)c1cc(NCc2ccccc2Cl)ncn1. The number of carbonyl (C=O) groups is 1. The Balaban J connectivity index is 1.62. The van der Waals surface area contributed by atoms with Crippen LogP contribution in [0.2, 0.25) is 5.02 Å². The van der Waals surface area contributed by atoms with Crippen LogP contribution >= 0.6 is 11.6 Å². The van der Waals surface area contributed by atoms with E-state index in [0.29, 0.717) is 23.1 Å². The van der Waals surface area contributed by atoms with Gasteiger partial charge in [0.1, 0.15) is 17.8 Å². The van der Waals surface area contributed by atoms with E-state index in [1.54, 1.807) is 6.07 Å². The third-order valence-electron chi connectivity index (χ3n) is 4.01. The fourth-order valence-corrected chi connectivity index (χ4v) is 2.94. The summed E-state index contributed by atoms with van der Waals surface area (Å²) in [6, 6.07) is 9.56. The molecule has 1 fully saturated rings. The smallest absolute Gasteiger partial charge is 0.270 e. The largest absolute Gasteiger partial charge is 0.366 e. The molecule has 5 nitrogen and oxygen atoms in total. The van der Waals surface area contributed by atoms with Gasteiger partial charge < -0.3 is 10.6 Å². The number of nitrogens with zero attached hydrogens (tertiary/aromatic N) is 2. The lowest BCUT2D eigenvalue weighted by molar-refractivity contribution is 0.0932. The van der Waals surface area contributed by atoms with Gasteiger partial charge in [0.2, 0.25) is 0 Å². The summed E-state index contributed by atoms with van der Waals surface area (Å²) in [5.74, 6) is 0.469. The Hall–Kier alpha value is -2.14. The molecule has 2 aromatic rings. The van der Waals surface area contributed by atoms with Crippen molar-refractivity contribution in [1.29, 1.82) is 0 Å². The monoisotopic (exact) mass is 330 g/mol. The van der Waals surface area contributed by atoms with Crippen molar-refractivity contribution in [3.63, 3.8) is 0 Å². The summed E-state index contributed by atoms with van der Waals surface area (Å²) in [4.78, 5) is 20.4. The molecule has 3 rings (SSSR count). The third-order valence-corrected chi connectivity index (χ3v) is 4.38. The van der Waals surface area contributed by atoms with Gasteiger partial charge in [0.15, 0.2) is 0 Å². The molecule has 1 aromatic carbocycles. The lowest BCUT2D eigenvalue weighted by atomic mass is 10.2. The van der Waals surface area contributed by atoms with E-state index in [2.05, 4.69) is 20.6 Å². The maximum absolute atomic E-state index is 12.2.